The van der Waals surface area contributed by atoms with Gasteiger partial charge in [0.1, 0.15) is 0 Å². The van der Waals surface area contributed by atoms with Gasteiger partial charge in [0.15, 0.2) is 0 Å². The van der Waals surface area contributed by atoms with Crippen molar-refractivity contribution in [1.82, 2.24) is 0 Å². The lowest BCUT2D eigenvalue weighted by Gasteiger charge is -2.17. The molecule has 146 valence electrons. The van der Waals surface area contributed by atoms with Gasteiger partial charge in [0.05, 0.1) is 16.7 Å². The quantitative estimate of drug-likeness (QED) is 0.453. The summed E-state index contributed by atoms with van der Waals surface area (Å²) >= 11 is 5.97. The maximum Gasteiger partial charge on any atom is 0.416 e. The molecular weight excluding hydrogens is 409 g/mol. The molecule has 0 aliphatic carbocycles. The zero-order chi connectivity index (χ0) is 20.8. The minimum atomic E-state index is -5.09. The summed E-state index contributed by atoms with van der Waals surface area (Å²) in [4.78, 5) is 0. The molecule has 0 aromatic heterocycles. The standard InChI is InChI=1S/C16H9BClF9/c1-8-2-9(14(19,20)21)5-12(3-8)17(18)13-6-10(15(22,23)24)4-11(7-13)16(25,26)27/h2-7H,1H3. The smallest absolute Gasteiger partial charge is 0.182 e. The second-order valence-electron chi connectivity index (χ2n) is 5.83. The number of hydrogen-bond acceptors (Lipinski definition) is 0. The van der Waals surface area contributed by atoms with Crippen LogP contribution in [-0.2, 0) is 18.5 Å². The van der Waals surface area contributed by atoms with E-state index < -0.39 is 46.8 Å². The molecule has 2 aromatic carbocycles. The highest BCUT2D eigenvalue weighted by atomic mass is 35.5. The molecule has 0 aliphatic heterocycles. The van der Waals surface area contributed by atoms with Crippen LogP contribution in [0.1, 0.15) is 22.3 Å². The van der Waals surface area contributed by atoms with Gasteiger partial charge in [-0.3, -0.25) is 0 Å². The highest BCUT2D eigenvalue weighted by Crippen LogP contribution is 2.35. The van der Waals surface area contributed by atoms with Crippen LogP contribution in [0.25, 0.3) is 0 Å². The molecule has 0 amide bonds. The first-order valence-electron chi connectivity index (χ1n) is 7.21. The maximum atomic E-state index is 12.9. The molecule has 11 heteroatoms. The van der Waals surface area contributed by atoms with Gasteiger partial charge in [0.2, 0.25) is 0 Å². The van der Waals surface area contributed by atoms with E-state index in [1.165, 1.54) is 13.0 Å². The first-order chi connectivity index (χ1) is 12.1. The highest BCUT2D eigenvalue weighted by Gasteiger charge is 2.38. The molecule has 0 aliphatic rings. The summed E-state index contributed by atoms with van der Waals surface area (Å²) in [5.74, 6) is 0. The van der Waals surface area contributed by atoms with Crippen molar-refractivity contribution in [3.8, 4) is 0 Å². The number of benzene rings is 2. The van der Waals surface area contributed by atoms with E-state index in [1.54, 1.807) is 0 Å². The first-order valence-corrected chi connectivity index (χ1v) is 7.65. The Bertz CT molecular complexity index is 805. The van der Waals surface area contributed by atoms with E-state index in [0.29, 0.717) is 18.2 Å². The molecule has 0 bridgehead atoms. The maximum absolute atomic E-state index is 12.9. The van der Waals surface area contributed by atoms with Gasteiger partial charge in [-0.15, -0.1) is 0 Å². The summed E-state index contributed by atoms with van der Waals surface area (Å²) < 4.78 is 116. The average molecular weight is 418 g/mol. The van der Waals surface area contributed by atoms with E-state index in [4.69, 9.17) is 11.5 Å². The van der Waals surface area contributed by atoms with E-state index in [0.717, 1.165) is 6.07 Å². The highest BCUT2D eigenvalue weighted by molar-refractivity contribution is 7.21. The van der Waals surface area contributed by atoms with Gasteiger partial charge in [0.25, 0.3) is 0 Å². The predicted octanol–water partition coefficient (Wildman–Crippen LogP) is 5.40. The number of rotatable bonds is 2. The Morgan fingerprint density at radius 1 is 0.593 bits per heavy atom. The van der Waals surface area contributed by atoms with Crippen LogP contribution < -0.4 is 10.9 Å². The van der Waals surface area contributed by atoms with E-state index >= 15 is 0 Å². The molecule has 0 nitrogen and oxygen atoms in total. The fourth-order valence-electron chi connectivity index (χ4n) is 2.44. The topological polar surface area (TPSA) is 0 Å². The molecule has 0 saturated carbocycles. The molecule has 0 unspecified atom stereocenters. The van der Waals surface area contributed by atoms with Crippen molar-refractivity contribution < 1.29 is 39.5 Å². The van der Waals surface area contributed by atoms with Crippen molar-refractivity contribution in [2.75, 3.05) is 0 Å². The van der Waals surface area contributed by atoms with E-state index in [2.05, 4.69) is 0 Å². The first kappa shape index (κ1) is 21.5. The Morgan fingerprint density at radius 3 is 1.30 bits per heavy atom. The lowest BCUT2D eigenvalue weighted by molar-refractivity contribution is -0.143. The van der Waals surface area contributed by atoms with Crippen molar-refractivity contribution in [2.45, 2.75) is 25.5 Å². The Hall–Kier alpha value is -1.84. The number of hydrogen-bond donors (Lipinski definition) is 0. The number of alkyl halides is 9. The molecular formula is C16H9BClF9. The Balaban J connectivity index is 2.62. The average Bonchev–Trinajstić information content (AvgIpc) is 2.50. The van der Waals surface area contributed by atoms with Gasteiger partial charge >= 0.3 is 24.7 Å². The molecule has 0 fully saturated rings. The van der Waals surface area contributed by atoms with Gasteiger partial charge in [-0.2, -0.15) is 51.0 Å². The molecule has 2 rings (SSSR count). The Morgan fingerprint density at radius 2 is 0.926 bits per heavy atom. The molecule has 0 N–H and O–H groups in total. The normalized spacial score (nSPS) is 13.0. The summed E-state index contributed by atoms with van der Waals surface area (Å²) in [6.07, 6.45) is -16.6. The lowest BCUT2D eigenvalue weighted by atomic mass is 9.61. The SMILES string of the molecule is Cc1cc(B(Cl)c2cc(C(F)(F)F)cc(C(F)(F)F)c2)cc(C(F)(F)F)c1. The fourth-order valence-corrected chi connectivity index (χ4v) is 2.69. The third-order valence-electron chi connectivity index (χ3n) is 3.62. The van der Waals surface area contributed by atoms with E-state index in [9.17, 15) is 39.5 Å². The van der Waals surface area contributed by atoms with E-state index in [-0.39, 0.29) is 17.1 Å². The zero-order valence-electron chi connectivity index (χ0n) is 13.3. The van der Waals surface area contributed by atoms with Crippen LogP contribution in [0, 0.1) is 6.92 Å². The van der Waals surface area contributed by atoms with Crippen LogP contribution >= 0.6 is 11.5 Å². The molecule has 0 heterocycles. The van der Waals surface area contributed by atoms with Gasteiger partial charge in [0, 0.05) is 0 Å². The zero-order valence-corrected chi connectivity index (χ0v) is 14.1. The fraction of sp³-hybridized carbons (Fsp3) is 0.250. The Labute approximate surface area is 152 Å². The minimum absolute atomic E-state index is 0.0789. The van der Waals surface area contributed by atoms with Gasteiger partial charge in [-0.1, -0.05) is 40.8 Å². The second-order valence-corrected chi connectivity index (χ2v) is 6.27. The summed E-state index contributed by atoms with van der Waals surface area (Å²) in [6, 6.07) is 3.26. The van der Waals surface area contributed by atoms with Crippen molar-refractivity contribution >= 4 is 28.5 Å². The van der Waals surface area contributed by atoms with E-state index in [1.807, 2.05) is 0 Å². The van der Waals surface area contributed by atoms with Crippen LogP contribution in [-0.4, -0.2) is 6.13 Å². The van der Waals surface area contributed by atoms with Gasteiger partial charge in [-0.05, 0) is 19.1 Å². The van der Waals surface area contributed by atoms with Gasteiger partial charge in [-0.25, -0.2) is 0 Å². The lowest BCUT2D eigenvalue weighted by Crippen LogP contribution is -2.39. The summed E-state index contributed by atoms with van der Waals surface area (Å²) in [6.45, 7) is 1.30. The molecule has 27 heavy (non-hydrogen) atoms. The van der Waals surface area contributed by atoms with Crippen LogP contribution in [0.2, 0.25) is 0 Å². The number of halogens is 10. The van der Waals surface area contributed by atoms with Crippen molar-refractivity contribution in [3.63, 3.8) is 0 Å². The van der Waals surface area contributed by atoms with Crippen LogP contribution in [0.15, 0.2) is 36.4 Å². The van der Waals surface area contributed by atoms with Crippen LogP contribution in [0.4, 0.5) is 39.5 Å². The van der Waals surface area contributed by atoms with Gasteiger partial charge < -0.3 is 0 Å². The number of aryl methyl sites for hydroxylation is 1. The molecule has 0 spiro atoms. The third kappa shape index (κ3) is 5.12. The molecule has 0 atom stereocenters. The summed E-state index contributed by atoms with van der Waals surface area (Å²) in [5.41, 5.74) is -5.07. The predicted molar refractivity (Wildman–Crippen MR) is 83.5 cm³/mol. The van der Waals surface area contributed by atoms with Crippen LogP contribution in [0.5, 0.6) is 0 Å². The molecule has 0 radical (unpaired) electrons. The monoisotopic (exact) mass is 418 g/mol. The molecule has 0 saturated heterocycles. The van der Waals surface area contributed by atoms with Crippen LogP contribution in [0.3, 0.4) is 0 Å². The van der Waals surface area contributed by atoms with Crippen molar-refractivity contribution in [3.05, 3.63) is 58.7 Å². The Kier molecular flexibility index (Phi) is 5.53. The summed E-state index contributed by atoms with van der Waals surface area (Å²) in [5, 5.41) is 0. The second kappa shape index (κ2) is 6.96. The largest absolute Gasteiger partial charge is 0.416 e. The molecule has 2 aromatic rings. The third-order valence-corrected chi connectivity index (χ3v) is 4.13. The minimum Gasteiger partial charge on any atom is -0.182 e. The summed E-state index contributed by atoms with van der Waals surface area (Å²) in [7, 11) is 0. The van der Waals surface area contributed by atoms with Crippen molar-refractivity contribution in [1.29, 1.82) is 0 Å². The van der Waals surface area contributed by atoms with Crippen molar-refractivity contribution in [2.24, 2.45) is 0 Å².